The van der Waals surface area contributed by atoms with E-state index in [-0.39, 0.29) is 48.0 Å². The highest BCUT2D eigenvalue weighted by Gasteiger charge is 2.40. The molecule has 0 aromatic heterocycles. The third kappa shape index (κ3) is 5.21. The number of benzene rings is 1. The normalized spacial score (nSPS) is 18.2. The molecular formula is C22H25ClN2O7. The van der Waals surface area contributed by atoms with E-state index in [1.165, 1.54) is 12.1 Å². The minimum Gasteiger partial charge on any atom is -0.490 e. The molecule has 1 saturated heterocycles. The molecule has 0 radical (unpaired) electrons. The Bertz CT molecular complexity index is 954. The van der Waals surface area contributed by atoms with Crippen LogP contribution in [0.15, 0.2) is 17.7 Å². The van der Waals surface area contributed by atoms with Crippen LogP contribution >= 0.6 is 11.6 Å². The number of hydrogen-bond donors (Lipinski definition) is 1. The van der Waals surface area contributed by atoms with Crippen LogP contribution in [-0.2, 0) is 19.1 Å². The molecule has 10 heteroatoms. The van der Waals surface area contributed by atoms with Gasteiger partial charge in [-0.1, -0.05) is 24.4 Å². The quantitative estimate of drug-likeness (QED) is 0.357. The van der Waals surface area contributed by atoms with Crippen molar-refractivity contribution >= 4 is 41.5 Å². The van der Waals surface area contributed by atoms with E-state index in [1.807, 2.05) is 0 Å². The lowest BCUT2D eigenvalue weighted by atomic mass is 10.0. The summed E-state index contributed by atoms with van der Waals surface area (Å²) in [4.78, 5) is 50.4. The monoisotopic (exact) mass is 464 g/mol. The summed E-state index contributed by atoms with van der Waals surface area (Å²) in [7, 11) is 0. The predicted molar refractivity (Wildman–Crippen MR) is 115 cm³/mol. The highest BCUT2D eigenvalue weighted by atomic mass is 35.5. The van der Waals surface area contributed by atoms with Crippen LogP contribution in [-0.4, -0.2) is 54.6 Å². The molecule has 0 atom stereocenters. The number of carbonyl (C=O) groups is 4. The number of carbonyl (C=O) groups excluding carboxylic acids is 4. The molecule has 1 heterocycles. The minimum atomic E-state index is -0.772. The molecule has 0 spiro atoms. The molecule has 1 aliphatic carbocycles. The fraction of sp³-hybridized carbons (Fsp3) is 0.455. The van der Waals surface area contributed by atoms with E-state index in [9.17, 15) is 19.2 Å². The summed E-state index contributed by atoms with van der Waals surface area (Å²) >= 11 is 6.34. The molecule has 0 bridgehead atoms. The summed E-state index contributed by atoms with van der Waals surface area (Å²) in [6, 6.07) is 2.11. The number of imide groups is 2. The van der Waals surface area contributed by atoms with Gasteiger partial charge in [0.25, 0.3) is 11.8 Å². The minimum absolute atomic E-state index is 0.125. The van der Waals surface area contributed by atoms with Crippen LogP contribution in [0.25, 0.3) is 6.08 Å². The average molecular weight is 465 g/mol. The Morgan fingerprint density at radius 3 is 2.53 bits per heavy atom. The average Bonchev–Trinajstić information content (AvgIpc) is 3.25. The second-order valence-electron chi connectivity index (χ2n) is 7.29. The van der Waals surface area contributed by atoms with Crippen molar-refractivity contribution in [2.75, 3.05) is 19.8 Å². The second kappa shape index (κ2) is 10.5. The van der Waals surface area contributed by atoms with Crippen molar-refractivity contribution in [3.05, 3.63) is 28.3 Å². The number of hydrogen-bond acceptors (Lipinski definition) is 7. The Hall–Kier alpha value is -3.07. The molecule has 1 aromatic carbocycles. The standard InChI is InChI=1S/C22H25ClN2O7/c1-3-30-17-11-13(10-16(23)19(17)32-12-18(26)31-4-2)9-15-20(27)24-22(29)25(21(15)28)14-7-5-6-8-14/h9-11,14H,3-8,12H2,1-2H3,(H,24,27,29)/b15-9+. The van der Waals surface area contributed by atoms with E-state index >= 15 is 0 Å². The molecule has 9 nitrogen and oxygen atoms in total. The van der Waals surface area contributed by atoms with Crippen LogP contribution in [0.4, 0.5) is 4.79 Å². The first-order valence-corrected chi connectivity index (χ1v) is 10.9. The van der Waals surface area contributed by atoms with Crippen LogP contribution in [0.5, 0.6) is 11.5 Å². The first-order chi connectivity index (χ1) is 15.3. The fourth-order valence-corrected chi connectivity index (χ4v) is 4.01. The molecule has 1 aliphatic heterocycles. The van der Waals surface area contributed by atoms with Crippen molar-refractivity contribution < 1.29 is 33.4 Å². The predicted octanol–water partition coefficient (Wildman–Crippen LogP) is 3.09. The zero-order valence-electron chi connectivity index (χ0n) is 17.9. The summed E-state index contributed by atoms with van der Waals surface area (Å²) in [5.74, 6) is -1.58. The summed E-state index contributed by atoms with van der Waals surface area (Å²) in [6.07, 6.45) is 4.64. The summed E-state index contributed by atoms with van der Waals surface area (Å²) in [5, 5.41) is 2.36. The number of ether oxygens (including phenoxy) is 3. The van der Waals surface area contributed by atoms with Gasteiger partial charge in [0.15, 0.2) is 18.1 Å². The first-order valence-electron chi connectivity index (χ1n) is 10.5. The van der Waals surface area contributed by atoms with Crippen molar-refractivity contribution in [3.8, 4) is 11.5 Å². The largest absolute Gasteiger partial charge is 0.490 e. The molecule has 1 N–H and O–H groups in total. The highest BCUT2D eigenvalue weighted by Crippen LogP contribution is 2.37. The Balaban J connectivity index is 1.90. The number of barbiturate groups is 1. The smallest absolute Gasteiger partial charge is 0.344 e. The topological polar surface area (TPSA) is 111 Å². The maximum atomic E-state index is 13.0. The maximum absolute atomic E-state index is 13.0. The van der Waals surface area contributed by atoms with Crippen LogP contribution in [0.2, 0.25) is 5.02 Å². The molecular weight excluding hydrogens is 440 g/mol. The fourth-order valence-electron chi connectivity index (χ4n) is 3.74. The molecule has 2 fully saturated rings. The molecule has 4 amide bonds. The van der Waals surface area contributed by atoms with Gasteiger partial charge in [-0.3, -0.25) is 19.8 Å². The molecule has 172 valence electrons. The van der Waals surface area contributed by atoms with Crippen molar-refractivity contribution in [1.82, 2.24) is 10.2 Å². The molecule has 3 rings (SSSR count). The van der Waals surface area contributed by atoms with Gasteiger partial charge in [0.1, 0.15) is 5.57 Å². The SMILES string of the molecule is CCOC(=O)COc1c(Cl)cc(/C=C2\C(=O)NC(=O)N(C3CCCC3)C2=O)cc1OCC. The second-order valence-corrected chi connectivity index (χ2v) is 7.69. The van der Waals surface area contributed by atoms with Gasteiger partial charge in [-0.25, -0.2) is 9.59 Å². The van der Waals surface area contributed by atoms with Crippen LogP contribution in [0, 0.1) is 0 Å². The van der Waals surface area contributed by atoms with Crippen molar-refractivity contribution in [2.45, 2.75) is 45.6 Å². The van der Waals surface area contributed by atoms with Gasteiger partial charge in [0.2, 0.25) is 0 Å². The molecule has 1 aromatic rings. The number of nitrogens with zero attached hydrogens (tertiary/aromatic N) is 1. The maximum Gasteiger partial charge on any atom is 0.344 e. The number of esters is 1. The summed E-state index contributed by atoms with van der Waals surface area (Å²) < 4.78 is 15.9. The van der Waals surface area contributed by atoms with Crippen molar-refractivity contribution in [3.63, 3.8) is 0 Å². The molecule has 32 heavy (non-hydrogen) atoms. The third-order valence-corrected chi connectivity index (χ3v) is 5.39. The Morgan fingerprint density at radius 1 is 1.16 bits per heavy atom. The van der Waals surface area contributed by atoms with E-state index in [0.717, 1.165) is 17.7 Å². The van der Waals surface area contributed by atoms with E-state index in [2.05, 4.69) is 5.32 Å². The van der Waals surface area contributed by atoms with E-state index in [0.29, 0.717) is 18.4 Å². The van der Waals surface area contributed by atoms with E-state index in [1.54, 1.807) is 19.9 Å². The summed E-state index contributed by atoms with van der Waals surface area (Å²) in [5.41, 5.74) is 0.233. The molecule has 2 aliphatic rings. The van der Waals surface area contributed by atoms with Crippen LogP contribution < -0.4 is 14.8 Å². The Kier molecular flexibility index (Phi) is 7.74. The van der Waals surface area contributed by atoms with E-state index in [4.69, 9.17) is 25.8 Å². The van der Waals surface area contributed by atoms with Gasteiger partial charge in [0, 0.05) is 6.04 Å². The zero-order valence-corrected chi connectivity index (χ0v) is 18.7. The molecule has 0 unspecified atom stereocenters. The number of rotatable bonds is 8. The summed E-state index contributed by atoms with van der Waals surface area (Å²) in [6.45, 7) is 3.60. The first kappa shape index (κ1) is 23.6. The van der Waals surface area contributed by atoms with Crippen molar-refractivity contribution in [1.29, 1.82) is 0 Å². The van der Waals surface area contributed by atoms with Crippen LogP contribution in [0.3, 0.4) is 0 Å². The van der Waals surface area contributed by atoms with Gasteiger partial charge in [0.05, 0.1) is 18.2 Å². The third-order valence-electron chi connectivity index (χ3n) is 5.11. The van der Waals surface area contributed by atoms with Gasteiger partial charge < -0.3 is 14.2 Å². The number of amides is 4. The van der Waals surface area contributed by atoms with Crippen molar-refractivity contribution in [2.24, 2.45) is 0 Å². The van der Waals surface area contributed by atoms with Gasteiger partial charge in [-0.05, 0) is 50.5 Å². The Morgan fingerprint density at radius 2 is 1.88 bits per heavy atom. The van der Waals surface area contributed by atoms with E-state index < -0.39 is 23.8 Å². The number of urea groups is 1. The van der Waals surface area contributed by atoms with Gasteiger partial charge in [-0.15, -0.1) is 0 Å². The highest BCUT2D eigenvalue weighted by molar-refractivity contribution is 6.33. The van der Waals surface area contributed by atoms with Gasteiger partial charge in [-0.2, -0.15) is 0 Å². The van der Waals surface area contributed by atoms with Crippen LogP contribution in [0.1, 0.15) is 45.1 Å². The number of nitrogens with one attached hydrogen (secondary N) is 1. The lowest BCUT2D eigenvalue weighted by Gasteiger charge is -2.31. The zero-order chi connectivity index (χ0) is 23.3. The molecule has 1 saturated carbocycles. The number of halogens is 1. The Labute approximate surface area is 190 Å². The van der Waals surface area contributed by atoms with Gasteiger partial charge >= 0.3 is 12.0 Å². The lowest BCUT2D eigenvalue weighted by molar-refractivity contribution is -0.145. The lowest BCUT2D eigenvalue weighted by Crippen LogP contribution is -2.57.